The number of methoxy groups -OCH3 is 1. The van der Waals surface area contributed by atoms with E-state index in [1.54, 1.807) is 38.2 Å². The van der Waals surface area contributed by atoms with Gasteiger partial charge in [-0.1, -0.05) is 6.07 Å². The Morgan fingerprint density at radius 3 is 2.43 bits per heavy atom. The van der Waals surface area contributed by atoms with Crippen LogP contribution in [0.1, 0.15) is 13.3 Å². The average Bonchev–Trinajstić information content (AvgIpc) is 2.44. The summed E-state index contributed by atoms with van der Waals surface area (Å²) in [5.74, 6) is -0.306. The molecule has 1 rings (SSSR count). The van der Waals surface area contributed by atoms with Crippen LogP contribution in [-0.2, 0) is 14.3 Å². The van der Waals surface area contributed by atoms with Crippen molar-refractivity contribution in [1.29, 1.82) is 0 Å². The van der Waals surface area contributed by atoms with Gasteiger partial charge >= 0.3 is 0 Å². The molecule has 1 atom stereocenters. The van der Waals surface area contributed by atoms with Gasteiger partial charge in [-0.15, -0.1) is 12.4 Å². The maximum atomic E-state index is 11.7. The fourth-order valence-corrected chi connectivity index (χ4v) is 1.49. The minimum Gasteiger partial charge on any atom is -0.372 e. The van der Waals surface area contributed by atoms with Crippen LogP contribution in [-0.4, -0.2) is 38.6 Å². The number of hydrogen-bond donors (Lipinski definition) is 3. The van der Waals surface area contributed by atoms with E-state index in [0.717, 1.165) is 0 Å². The molecule has 6 nitrogen and oxygen atoms in total. The van der Waals surface area contributed by atoms with Gasteiger partial charge in [0.15, 0.2) is 0 Å². The third-order valence-electron chi connectivity index (χ3n) is 2.74. The molecular formula is C14H22ClN3O3. The van der Waals surface area contributed by atoms with Gasteiger partial charge in [0, 0.05) is 31.5 Å². The van der Waals surface area contributed by atoms with Crippen LogP contribution in [0.4, 0.5) is 11.4 Å². The smallest absolute Gasteiger partial charge is 0.253 e. The van der Waals surface area contributed by atoms with Crippen molar-refractivity contribution in [3.8, 4) is 0 Å². The second kappa shape index (κ2) is 10.1. The monoisotopic (exact) mass is 315 g/mol. The number of carbonyl (C=O) groups excluding carboxylic acids is 2. The second-order valence-electron chi connectivity index (χ2n) is 4.35. The van der Waals surface area contributed by atoms with Crippen LogP contribution in [0.5, 0.6) is 0 Å². The molecule has 0 spiro atoms. The van der Waals surface area contributed by atoms with E-state index in [9.17, 15) is 9.59 Å². The molecule has 3 N–H and O–H groups in total. The third kappa shape index (κ3) is 7.08. The van der Waals surface area contributed by atoms with Gasteiger partial charge in [-0.3, -0.25) is 9.59 Å². The molecule has 1 aromatic carbocycles. The summed E-state index contributed by atoms with van der Waals surface area (Å²) < 4.78 is 4.93. The van der Waals surface area contributed by atoms with Crippen molar-refractivity contribution in [3.05, 3.63) is 24.3 Å². The molecule has 118 valence electrons. The van der Waals surface area contributed by atoms with Gasteiger partial charge in [0.05, 0.1) is 0 Å². The van der Waals surface area contributed by atoms with Gasteiger partial charge in [-0.05, 0) is 32.2 Å². The van der Waals surface area contributed by atoms with E-state index in [1.807, 2.05) is 0 Å². The van der Waals surface area contributed by atoms with Gasteiger partial charge in [-0.2, -0.15) is 0 Å². The van der Waals surface area contributed by atoms with Crippen LogP contribution in [0.3, 0.4) is 0 Å². The van der Waals surface area contributed by atoms with Crippen LogP contribution in [0.15, 0.2) is 24.3 Å². The van der Waals surface area contributed by atoms with E-state index < -0.39 is 6.10 Å². The second-order valence-corrected chi connectivity index (χ2v) is 4.35. The number of hydrogen-bond acceptors (Lipinski definition) is 4. The summed E-state index contributed by atoms with van der Waals surface area (Å²) in [5, 5.41) is 8.40. The number of anilines is 2. The first-order valence-electron chi connectivity index (χ1n) is 6.45. The average molecular weight is 316 g/mol. The van der Waals surface area contributed by atoms with Gasteiger partial charge in [0.2, 0.25) is 5.91 Å². The number of ether oxygens (including phenoxy) is 1. The van der Waals surface area contributed by atoms with Crippen LogP contribution in [0.25, 0.3) is 0 Å². The molecule has 2 amide bonds. The molecule has 0 aliphatic rings. The van der Waals surface area contributed by atoms with Crippen LogP contribution in [0.2, 0.25) is 0 Å². The maximum Gasteiger partial charge on any atom is 0.253 e. The van der Waals surface area contributed by atoms with Crippen molar-refractivity contribution in [2.45, 2.75) is 19.4 Å². The summed E-state index contributed by atoms with van der Waals surface area (Å²) in [6.07, 6.45) is -0.128. The first-order chi connectivity index (χ1) is 9.56. The Labute approximate surface area is 131 Å². The van der Waals surface area contributed by atoms with E-state index in [-0.39, 0.29) is 24.2 Å². The maximum absolute atomic E-state index is 11.7. The topological polar surface area (TPSA) is 79.5 Å². The molecular weight excluding hydrogens is 294 g/mol. The minimum atomic E-state index is -0.524. The molecule has 0 aliphatic heterocycles. The summed E-state index contributed by atoms with van der Waals surface area (Å²) in [6, 6.07) is 6.99. The molecule has 21 heavy (non-hydrogen) atoms. The highest BCUT2D eigenvalue weighted by Crippen LogP contribution is 2.15. The zero-order chi connectivity index (χ0) is 15.0. The van der Waals surface area contributed by atoms with Gasteiger partial charge in [0.1, 0.15) is 6.10 Å². The molecule has 0 saturated carbocycles. The number of nitrogens with one attached hydrogen (secondary N) is 3. The zero-order valence-electron chi connectivity index (χ0n) is 12.4. The van der Waals surface area contributed by atoms with E-state index in [4.69, 9.17) is 4.74 Å². The minimum absolute atomic E-state index is 0. The third-order valence-corrected chi connectivity index (χ3v) is 2.74. The molecule has 0 bridgehead atoms. The Morgan fingerprint density at radius 2 is 1.86 bits per heavy atom. The molecule has 7 heteroatoms. The molecule has 0 fully saturated rings. The lowest BCUT2D eigenvalue weighted by Crippen LogP contribution is -2.26. The number of benzene rings is 1. The SMILES string of the molecule is CNCCC(=O)Nc1cccc(NC(=O)C(C)OC)c1.Cl. The lowest BCUT2D eigenvalue weighted by molar-refractivity contribution is -0.124. The fourth-order valence-electron chi connectivity index (χ4n) is 1.49. The van der Waals surface area contributed by atoms with Crippen molar-refractivity contribution in [2.75, 3.05) is 31.3 Å². The van der Waals surface area contributed by atoms with Crippen LogP contribution >= 0.6 is 12.4 Å². The van der Waals surface area contributed by atoms with E-state index >= 15 is 0 Å². The normalized spacial score (nSPS) is 11.2. The van der Waals surface area contributed by atoms with E-state index in [2.05, 4.69) is 16.0 Å². The van der Waals surface area contributed by atoms with Crippen LogP contribution in [0, 0.1) is 0 Å². The molecule has 0 saturated heterocycles. The molecule has 0 aromatic heterocycles. The Morgan fingerprint density at radius 1 is 1.24 bits per heavy atom. The number of halogens is 1. The Kier molecular flexibility index (Phi) is 9.36. The fraction of sp³-hybridized carbons (Fsp3) is 0.429. The molecule has 1 aromatic rings. The lowest BCUT2D eigenvalue weighted by atomic mass is 10.2. The van der Waals surface area contributed by atoms with Crippen molar-refractivity contribution in [3.63, 3.8) is 0 Å². The van der Waals surface area contributed by atoms with Crippen molar-refractivity contribution in [1.82, 2.24) is 5.32 Å². The highest BCUT2D eigenvalue weighted by molar-refractivity contribution is 5.95. The summed E-state index contributed by atoms with van der Waals surface area (Å²) in [4.78, 5) is 23.3. The number of carbonyl (C=O) groups is 2. The van der Waals surface area contributed by atoms with Crippen LogP contribution < -0.4 is 16.0 Å². The highest BCUT2D eigenvalue weighted by atomic mass is 35.5. The summed E-state index contributed by atoms with van der Waals surface area (Å²) in [6.45, 7) is 2.28. The molecule has 0 radical (unpaired) electrons. The van der Waals surface area contributed by atoms with Gasteiger partial charge in [0.25, 0.3) is 5.91 Å². The summed E-state index contributed by atoms with van der Waals surface area (Å²) in [7, 11) is 3.27. The summed E-state index contributed by atoms with van der Waals surface area (Å²) in [5.41, 5.74) is 1.26. The van der Waals surface area contributed by atoms with E-state index in [0.29, 0.717) is 24.3 Å². The Bertz CT molecular complexity index is 469. The first kappa shape index (κ1) is 19.4. The standard InChI is InChI=1S/C14H21N3O3.ClH/c1-10(20-3)14(19)17-12-6-4-5-11(9-12)16-13(18)7-8-15-2;/h4-6,9-10,15H,7-8H2,1-3H3,(H,16,18)(H,17,19);1H. The first-order valence-corrected chi connectivity index (χ1v) is 6.45. The zero-order valence-corrected chi connectivity index (χ0v) is 13.3. The number of rotatable bonds is 7. The quantitative estimate of drug-likeness (QED) is 0.714. The van der Waals surface area contributed by atoms with Crippen molar-refractivity contribution < 1.29 is 14.3 Å². The largest absolute Gasteiger partial charge is 0.372 e. The Hall–Kier alpha value is -1.63. The van der Waals surface area contributed by atoms with E-state index in [1.165, 1.54) is 7.11 Å². The van der Waals surface area contributed by atoms with Crippen molar-refractivity contribution in [2.24, 2.45) is 0 Å². The summed E-state index contributed by atoms with van der Waals surface area (Å²) >= 11 is 0. The molecule has 1 unspecified atom stereocenters. The molecule has 0 heterocycles. The Balaban J connectivity index is 0.00000400. The van der Waals surface area contributed by atoms with Crippen molar-refractivity contribution >= 4 is 35.6 Å². The van der Waals surface area contributed by atoms with Gasteiger partial charge in [-0.25, -0.2) is 0 Å². The highest BCUT2D eigenvalue weighted by Gasteiger charge is 2.11. The predicted molar refractivity (Wildman–Crippen MR) is 86.0 cm³/mol. The molecule has 0 aliphatic carbocycles. The number of amides is 2. The predicted octanol–water partition coefficient (Wildman–Crippen LogP) is 1.63. The van der Waals surface area contributed by atoms with Gasteiger partial charge < -0.3 is 20.7 Å². The lowest BCUT2D eigenvalue weighted by Gasteiger charge is -2.12.